The summed E-state index contributed by atoms with van der Waals surface area (Å²) in [6, 6.07) is 8.30. The van der Waals surface area contributed by atoms with Crippen molar-refractivity contribution < 1.29 is 0 Å². The molecule has 0 atom stereocenters. The third-order valence-corrected chi connectivity index (χ3v) is 4.10. The quantitative estimate of drug-likeness (QED) is 0.600. The molecule has 1 saturated heterocycles. The molecule has 2 heterocycles. The van der Waals surface area contributed by atoms with Gasteiger partial charge in [0.15, 0.2) is 5.96 Å². The van der Waals surface area contributed by atoms with Gasteiger partial charge in [-0.2, -0.15) is 4.37 Å². The molecule has 18 heavy (non-hydrogen) atoms. The summed E-state index contributed by atoms with van der Waals surface area (Å²) in [5.74, 6) is 1.23. The van der Waals surface area contributed by atoms with Crippen molar-refractivity contribution in [3.05, 3.63) is 24.3 Å². The van der Waals surface area contributed by atoms with Gasteiger partial charge in [-0.25, -0.2) is 0 Å². The lowest BCUT2D eigenvalue weighted by atomic mass is 10.2. The molecule has 0 spiro atoms. The van der Waals surface area contributed by atoms with E-state index in [1.807, 2.05) is 17.0 Å². The Bertz CT molecular complexity index is 571. The Kier molecular flexibility index (Phi) is 2.79. The molecule has 1 aromatic heterocycles. The molecule has 1 fully saturated rings. The van der Waals surface area contributed by atoms with Gasteiger partial charge in [0, 0.05) is 31.6 Å². The maximum Gasteiger partial charge on any atom is 0.188 e. The van der Waals surface area contributed by atoms with Gasteiger partial charge in [-0.05, 0) is 23.7 Å². The second-order valence-corrected chi connectivity index (χ2v) is 5.17. The van der Waals surface area contributed by atoms with Crippen LogP contribution in [0, 0.1) is 5.41 Å². The van der Waals surface area contributed by atoms with Crippen molar-refractivity contribution >= 4 is 33.4 Å². The highest BCUT2D eigenvalue weighted by atomic mass is 32.1. The number of guanidine groups is 1. The summed E-state index contributed by atoms with van der Waals surface area (Å²) >= 11 is 1.54. The minimum absolute atomic E-state index is 0.165. The fraction of sp³-hybridized carbons (Fsp3) is 0.333. The number of aromatic nitrogens is 1. The number of piperazine rings is 1. The Morgan fingerprint density at radius 1 is 1.22 bits per heavy atom. The summed E-state index contributed by atoms with van der Waals surface area (Å²) in [7, 11) is 0. The highest BCUT2D eigenvalue weighted by Crippen LogP contribution is 2.29. The predicted molar refractivity (Wildman–Crippen MR) is 75.3 cm³/mol. The molecular weight excluding hydrogens is 246 g/mol. The summed E-state index contributed by atoms with van der Waals surface area (Å²) in [6.45, 7) is 3.32. The molecule has 0 unspecified atom stereocenters. The minimum atomic E-state index is 0.165. The van der Waals surface area contributed by atoms with E-state index in [4.69, 9.17) is 11.1 Å². The minimum Gasteiger partial charge on any atom is -0.370 e. The summed E-state index contributed by atoms with van der Waals surface area (Å²) in [6.07, 6.45) is 0. The zero-order chi connectivity index (χ0) is 12.5. The molecule has 0 aliphatic carbocycles. The van der Waals surface area contributed by atoms with Crippen LogP contribution in [0.1, 0.15) is 0 Å². The first-order chi connectivity index (χ1) is 8.75. The van der Waals surface area contributed by atoms with Crippen LogP contribution in [0.15, 0.2) is 24.3 Å². The van der Waals surface area contributed by atoms with Gasteiger partial charge in [-0.1, -0.05) is 12.1 Å². The number of anilines is 1. The van der Waals surface area contributed by atoms with Crippen molar-refractivity contribution in [1.82, 2.24) is 9.27 Å². The van der Waals surface area contributed by atoms with E-state index >= 15 is 0 Å². The lowest BCUT2D eigenvalue weighted by Gasteiger charge is -2.35. The fourth-order valence-electron chi connectivity index (χ4n) is 2.26. The van der Waals surface area contributed by atoms with Gasteiger partial charge in [0.1, 0.15) is 5.82 Å². The predicted octanol–water partition coefficient (Wildman–Crippen LogP) is 1.31. The Hall–Kier alpha value is -1.82. The summed E-state index contributed by atoms with van der Waals surface area (Å²) < 4.78 is 5.78. The SMILES string of the molecule is N=C(N)N1CCN(c2nsc3ccccc23)CC1. The molecule has 0 radical (unpaired) electrons. The average Bonchev–Trinajstić information content (AvgIpc) is 2.82. The van der Waals surface area contributed by atoms with Crippen LogP contribution >= 0.6 is 11.5 Å². The van der Waals surface area contributed by atoms with E-state index < -0.39 is 0 Å². The highest BCUT2D eigenvalue weighted by Gasteiger charge is 2.20. The first-order valence-electron chi connectivity index (χ1n) is 5.94. The molecule has 0 bridgehead atoms. The van der Waals surface area contributed by atoms with Crippen molar-refractivity contribution in [2.45, 2.75) is 0 Å². The van der Waals surface area contributed by atoms with E-state index in [1.54, 1.807) is 11.5 Å². The van der Waals surface area contributed by atoms with Crippen molar-refractivity contribution in [2.75, 3.05) is 31.1 Å². The van der Waals surface area contributed by atoms with E-state index in [1.165, 1.54) is 10.1 Å². The van der Waals surface area contributed by atoms with Crippen LogP contribution in [0.4, 0.5) is 5.82 Å². The van der Waals surface area contributed by atoms with Gasteiger partial charge in [-0.15, -0.1) is 0 Å². The van der Waals surface area contributed by atoms with E-state index in [0.717, 1.165) is 32.0 Å². The van der Waals surface area contributed by atoms with Crippen LogP contribution in [0.3, 0.4) is 0 Å². The van der Waals surface area contributed by atoms with E-state index in [2.05, 4.69) is 21.4 Å². The van der Waals surface area contributed by atoms with Crippen LogP contribution in [-0.2, 0) is 0 Å². The first-order valence-corrected chi connectivity index (χ1v) is 6.71. The van der Waals surface area contributed by atoms with Crippen molar-refractivity contribution in [3.8, 4) is 0 Å². The largest absolute Gasteiger partial charge is 0.370 e. The zero-order valence-corrected chi connectivity index (χ0v) is 10.8. The van der Waals surface area contributed by atoms with Gasteiger partial charge in [0.25, 0.3) is 0 Å². The third kappa shape index (κ3) is 1.88. The normalized spacial score (nSPS) is 16.2. The van der Waals surface area contributed by atoms with Crippen LogP contribution in [-0.4, -0.2) is 41.4 Å². The first kappa shape index (κ1) is 11.3. The van der Waals surface area contributed by atoms with Crippen LogP contribution < -0.4 is 10.6 Å². The Morgan fingerprint density at radius 3 is 2.67 bits per heavy atom. The van der Waals surface area contributed by atoms with Crippen molar-refractivity contribution in [3.63, 3.8) is 0 Å². The molecule has 3 rings (SSSR count). The topological polar surface area (TPSA) is 69.2 Å². The smallest absolute Gasteiger partial charge is 0.188 e. The van der Waals surface area contributed by atoms with Gasteiger partial charge in [0.05, 0.1) is 4.70 Å². The van der Waals surface area contributed by atoms with Crippen molar-refractivity contribution in [2.24, 2.45) is 5.73 Å². The summed E-state index contributed by atoms with van der Waals surface area (Å²) in [4.78, 5) is 4.17. The summed E-state index contributed by atoms with van der Waals surface area (Å²) in [5, 5.41) is 8.65. The molecule has 6 heteroatoms. The van der Waals surface area contributed by atoms with Gasteiger partial charge >= 0.3 is 0 Å². The molecule has 2 aromatic rings. The molecule has 1 aliphatic rings. The lowest BCUT2D eigenvalue weighted by molar-refractivity contribution is 0.379. The molecule has 0 saturated carbocycles. The van der Waals surface area contributed by atoms with Crippen LogP contribution in [0.2, 0.25) is 0 Å². The second-order valence-electron chi connectivity index (χ2n) is 4.36. The second kappa shape index (κ2) is 4.45. The molecule has 1 aromatic carbocycles. The maximum absolute atomic E-state index is 7.43. The molecule has 1 aliphatic heterocycles. The van der Waals surface area contributed by atoms with Crippen LogP contribution in [0.5, 0.6) is 0 Å². The third-order valence-electron chi connectivity index (χ3n) is 3.28. The Balaban J connectivity index is 1.82. The average molecular weight is 261 g/mol. The molecule has 0 amide bonds. The van der Waals surface area contributed by atoms with E-state index in [9.17, 15) is 0 Å². The van der Waals surface area contributed by atoms with Gasteiger partial charge < -0.3 is 15.5 Å². The number of nitrogens with one attached hydrogen (secondary N) is 1. The zero-order valence-electron chi connectivity index (χ0n) is 9.97. The fourth-order valence-corrected chi connectivity index (χ4v) is 3.06. The van der Waals surface area contributed by atoms with Gasteiger partial charge in [-0.3, -0.25) is 5.41 Å². The number of rotatable bonds is 1. The Morgan fingerprint density at radius 2 is 1.94 bits per heavy atom. The summed E-state index contributed by atoms with van der Waals surface area (Å²) in [5.41, 5.74) is 5.50. The Labute approximate surface area is 109 Å². The monoisotopic (exact) mass is 261 g/mol. The standard InChI is InChI=1S/C12H15N5S/c13-12(14)17-7-5-16(6-8-17)11-9-3-1-2-4-10(9)18-15-11/h1-4H,5-8H2,(H3,13,14). The number of benzene rings is 1. The maximum atomic E-state index is 7.43. The number of hydrogen-bond acceptors (Lipinski definition) is 4. The van der Waals surface area contributed by atoms with E-state index in [0.29, 0.717) is 0 Å². The highest BCUT2D eigenvalue weighted by molar-refractivity contribution is 7.13. The lowest BCUT2D eigenvalue weighted by Crippen LogP contribution is -2.50. The van der Waals surface area contributed by atoms with Gasteiger partial charge in [0.2, 0.25) is 0 Å². The molecule has 3 N–H and O–H groups in total. The van der Waals surface area contributed by atoms with E-state index in [-0.39, 0.29) is 5.96 Å². The molecule has 94 valence electrons. The molecular formula is C12H15N5S. The van der Waals surface area contributed by atoms with Crippen molar-refractivity contribution in [1.29, 1.82) is 5.41 Å². The van der Waals surface area contributed by atoms with Crippen LogP contribution in [0.25, 0.3) is 10.1 Å². The number of hydrogen-bond donors (Lipinski definition) is 2. The number of nitrogens with zero attached hydrogens (tertiary/aromatic N) is 3. The number of fused-ring (bicyclic) bond motifs is 1. The number of nitrogens with two attached hydrogens (primary N) is 1. The molecule has 5 nitrogen and oxygen atoms in total.